The molecule has 11 heteroatoms. The molecule has 0 bridgehead atoms. The number of rotatable bonds is 6. The number of aromatic nitrogens is 4. The Bertz CT molecular complexity index is 1210. The summed E-state index contributed by atoms with van der Waals surface area (Å²) >= 11 is 0. The van der Waals surface area contributed by atoms with E-state index in [1.165, 1.54) is 35.6 Å². The molecule has 1 aromatic carbocycles. The topological polar surface area (TPSA) is 88.0 Å². The molecule has 8 nitrogen and oxygen atoms in total. The highest BCUT2D eigenvalue weighted by atomic mass is 19.4. The average Bonchev–Trinajstić information content (AvgIpc) is 3.35. The standard InChI is InChI=1S/C22H24F3N7O/c1-13(2)18-10-27-21(33)32(18)19-8-9-26-20(30-19)29-14(3)17-11-31(12-28-17)16-6-4-15(5-7-16)22(23,24)25/h4-9,11-14,18H,10H2,1-3H3,(H,27,33)(H,26,29,30)/t14?,18-/m1/s1/i10D2. The van der Waals surface area contributed by atoms with E-state index in [4.69, 9.17) is 2.74 Å². The molecule has 33 heavy (non-hydrogen) atoms. The van der Waals surface area contributed by atoms with Gasteiger partial charge in [-0.3, -0.25) is 4.90 Å². The van der Waals surface area contributed by atoms with E-state index < -0.39 is 30.3 Å². The molecule has 3 heterocycles. The molecular formula is C22H24F3N7O. The van der Waals surface area contributed by atoms with Crippen molar-refractivity contribution in [2.75, 3.05) is 16.7 Å². The van der Waals surface area contributed by atoms with E-state index in [2.05, 4.69) is 25.6 Å². The fourth-order valence-electron chi connectivity index (χ4n) is 3.44. The third-order valence-corrected chi connectivity index (χ3v) is 5.23. The number of anilines is 2. The molecule has 2 N–H and O–H groups in total. The van der Waals surface area contributed by atoms with Gasteiger partial charge in [0.05, 0.1) is 32.4 Å². The number of urea groups is 1. The van der Waals surface area contributed by atoms with E-state index in [9.17, 15) is 18.0 Å². The highest BCUT2D eigenvalue weighted by Gasteiger charge is 2.35. The molecule has 1 saturated heterocycles. The van der Waals surface area contributed by atoms with Crippen molar-refractivity contribution in [2.24, 2.45) is 5.92 Å². The summed E-state index contributed by atoms with van der Waals surface area (Å²) in [5, 5.41) is 5.45. The second-order valence-corrected chi connectivity index (χ2v) is 7.99. The van der Waals surface area contributed by atoms with E-state index in [1.807, 2.05) is 20.8 Å². The molecule has 2 amide bonds. The summed E-state index contributed by atoms with van der Waals surface area (Å²) < 4.78 is 56.3. The third-order valence-electron chi connectivity index (χ3n) is 5.23. The van der Waals surface area contributed by atoms with E-state index in [-0.39, 0.29) is 23.7 Å². The lowest BCUT2D eigenvalue weighted by Gasteiger charge is -2.25. The van der Waals surface area contributed by atoms with Gasteiger partial charge in [-0.1, -0.05) is 13.8 Å². The van der Waals surface area contributed by atoms with Gasteiger partial charge in [-0.05, 0) is 43.2 Å². The minimum Gasteiger partial charge on any atom is -0.346 e. The summed E-state index contributed by atoms with van der Waals surface area (Å²) in [6.45, 7) is 3.55. The average molecular weight is 461 g/mol. The zero-order chi connectivity index (χ0) is 25.5. The fraction of sp³-hybridized carbons (Fsp3) is 0.364. The van der Waals surface area contributed by atoms with Crippen LogP contribution in [-0.4, -0.2) is 38.1 Å². The molecule has 1 aliphatic rings. The van der Waals surface area contributed by atoms with Gasteiger partial charge < -0.3 is 15.2 Å². The Morgan fingerprint density at radius 3 is 2.58 bits per heavy atom. The van der Waals surface area contributed by atoms with Crippen molar-refractivity contribution in [1.29, 1.82) is 0 Å². The summed E-state index contributed by atoms with van der Waals surface area (Å²) in [4.78, 5) is 26.7. The predicted octanol–water partition coefficient (Wildman–Crippen LogP) is 4.41. The summed E-state index contributed by atoms with van der Waals surface area (Å²) in [6, 6.07) is 4.57. The van der Waals surface area contributed by atoms with E-state index in [0.29, 0.717) is 11.4 Å². The molecule has 4 rings (SSSR count). The van der Waals surface area contributed by atoms with Gasteiger partial charge in [0.2, 0.25) is 5.95 Å². The monoisotopic (exact) mass is 461 g/mol. The van der Waals surface area contributed by atoms with Crippen LogP contribution in [0.1, 0.15) is 40.8 Å². The maximum atomic E-state index is 12.8. The maximum Gasteiger partial charge on any atom is 0.416 e. The number of nitrogens with one attached hydrogen (secondary N) is 2. The Kier molecular flexibility index (Phi) is 5.29. The Hall–Kier alpha value is -3.63. The zero-order valence-corrected chi connectivity index (χ0v) is 18.1. The number of hydrogen-bond acceptors (Lipinski definition) is 5. The molecule has 0 spiro atoms. The first-order valence-electron chi connectivity index (χ1n) is 11.3. The first kappa shape index (κ1) is 20.0. The maximum absolute atomic E-state index is 12.8. The summed E-state index contributed by atoms with van der Waals surface area (Å²) in [6.07, 6.45) is 0.245. The highest BCUT2D eigenvalue weighted by Crippen LogP contribution is 2.30. The number of imidazole rings is 1. The van der Waals surface area contributed by atoms with Crippen LogP contribution in [0.2, 0.25) is 0 Å². The molecule has 0 saturated carbocycles. The van der Waals surface area contributed by atoms with Gasteiger partial charge in [-0.15, -0.1) is 0 Å². The number of halogens is 3. The number of hydrogen-bond donors (Lipinski definition) is 2. The lowest BCUT2D eigenvalue weighted by atomic mass is 10.0. The summed E-state index contributed by atoms with van der Waals surface area (Å²) in [7, 11) is 0. The van der Waals surface area contributed by atoms with Crippen molar-refractivity contribution < 1.29 is 20.7 Å². The van der Waals surface area contributed by atoms with Crippen LogP contribution in [0.15, 0.2) is 49.1 Å². The van der Waals surface area contributed by atoms with Gasteiger partial charge >= 0.3 is 12.2 Å². The van der Waals surface area contributed by atoms with E-state index in [0.717, 1.165) is 12.1 Å². The van der Waals surface area contributed by atoms with E-state index >= 15 is 0 Å². The van der Waals surface area contributed by atoms with Crippen LogP contribution in [0, 0.1) is 5.92 Å². The molecule has 2 aromatic heterocycles. The minimum atomic E-state index is -4.40. The van der Waals surface area contributed by atoms with Crippen molar-refractivity contribution in [3.63, 3.8) is 0 Å². The number of nitrogens with zero attached hydrogens (tertiary/aromatic N) is 5. The first-order chi connectivity index (χ1) is 16.4. The SMILES string of the molecule is [2H]C1([2H])NC(=O)N(c2ccnc(NC(C)c3cn(-c4ccc(C(F)(F)F)cc4)cn3)n2)[C@H]1C(C)C. The lowest BCUT2D eigenvalue weighted by Crippen LogP contribution is -2.38. The smallest absolute Gasteiger partial charge is 0.346 e. The summed E-state index contributed by atoms with van der Waals surface area (Å²) in [5.74, 6) is 0.285. The molecule has 1 fully saturated rings. The molecule has 3 aromatic rings. The minimum absolute atomic E-state index is 0.177. The molecule has 2 atom stereocenters. The number of benzene rings is 1. The Balaban J connectivity index is 1.51. The molecule has 1 unspecified atom stereocenters. The van der Waals surface area contributed by atoms with Crippen LogP contribution >= 0.6 is 0 Å². The van der Waals surface area contributed by atoms with Crippen LogP contribution in [-0.2, 0) is 6.18 Å². The van der Waals surface area contributed by atoms with Crippen molar-refractivity contribution >= 4 is 17.8 Å². The van der Waals surface area contributed by atoms with Gasteiger partial charge in [0.25, 0.3) is 0 Å². The van der Waals surface area contributed by atoms with Gasteiger partial charge in [-0.2, -0.15) is 18.2 Å². The predicted molar refractivity (Wildman–Crippen MR) is 117 cm³/mol. The van der Waals surface area contributed by atoms with Gasteiger partial charge in [0.1, 0.15) is 5.82 Å². The number of alkyl halides is 3. The third kappa shape index (κ3) is 4.76. The molecule has 174 valence electrons. The Morgan fingerprint density at radius 2 is 1.91 bits per heavy atom. The van der Waals surface area contributed by atoms with Gasteiger partial charge in [0.15, 0.2) is 0 Å². The summed E-state index contributed by atoms with van der Waals surface area (Å²) in [5.41, 5.74) is 0.388. The zero-order valence-electron chi connectivity index (χ0n) is 20.1. The first-order valence-corrected chi connectivity index (χ1v) is 10.3. The van der Waals surface area contributed by atoms with Crippen LogP contribution in [0.4, 0.5) is 29.7 Å². The van der Waals surface area contributed by atoms with Crippen LogP contribution in [0.3, 0.4) is 0 Å². The molecule has 0 radical (unpaired) electrons. The van der Waals surface area contributed by atoms with Gasteiger partial charge in [0, 0.05) is 24.6 Å². The van der Waals surface area contributed by atoms with Crippen LogP contribution in [0.5, 0.6) is 0 Å². The van der Waals surface area contributed by atoms with Crippen molar-refractivity contribution in [3.8, 4) is 5.69 Å². The molecule has 0 aliphatic carbocycles. The molecular weight excluding hydrogens is 435 g/mol. The number of amides is 2. The largest absolute Gasteiger partial charge is 0.416 e. The Morgan fingerprint density at radius 1 is 1.18 bits per heavy atom. The lowest BCUT2D eigenvalue weighted by molar-refractivity contribution is -0.137. The second kappa shape index (κ2) is 8.72. The fourth-order valence-corrected chi connectivity index (χ4v) is 3.44. The highest BCUT2D eigenvalue weighted by molar-refractivity contribution is 5.94. The number of carbonyl (C=O) groups excluding carboxylic acids is 1. The Labute approximate surface area is 191 Å². The molecule has 1 aliphatic heterocycles. The van der Waals surface area contributed by atoms with Crippen LogP contribution in [0.25, 0.3) is 5.69 Å². The van der Waals surface area contributed by atoms with Gasteiger partial charge in [-0.25, -0.2) is 14.8 Å². The van der Waals surface area contributed by atoms with E-state index in [1.54, 1.807) is 10.8 Å². The second-order valence-electron chi connectivity index (χ2n) is 7.99. The van der Waals surface area contributed by atoms with Crippen molar-refractivity contribution in [1.82, 2.24) is 24.8 Å². The van der Waals surface area contributed by atoms with Crippen molar-refractivity contribution in [3.05, 3.63) is 60.3 Å². The quantitative estimate of drug-likeness (QED) is 0.568. The normalized spacial score (nSPS) is 19.8. The van der Waals surface area contributed by atoms with Crippen molar-refractivity contribution in [2.45, 2.75) is 39.0 Å². The number of carbonyl (C=O) groups is 1. The van der Waals surface area contributed by atoms with Crippen LogP contribution < -0.4 is 15.5 Å².